The summed E-state index contributed by atoms with van der Waals surface area (Å²) < 4.78 is 24.1. The number of fused-ring (bicyclic) bond motifs is 1. The van der Waals surface area contributed by atoms with Crippen LogP contribution >= 0.6 is 0 Å². The van der Waals surface area contributed by atoms with Crippen LogP contribution in [0.3, 0.4) is 0 Å². The standard InChI is InChI=1S/C23H31NO6/c1-15(25)24-20-21(26)22-18(29-23(20)28-17-10-6-3-7-11-17)14-27-19(30-22)13-12-16-8-4-2-5-9-16/h2,4-5,8-9,12-13,17-23,26H,3,6-7,10-11,14H2,1H3,(H,24,25)/b13-12+/t18-,19-,20-,21-,22-,23-/m1/s1. The molecule has 7 nitrogen and oxygen atoms in total. The quantitative estimate of drug-likeness (QED) is 0.765. The van der Waals surface area contributed by atoms with Gasteiger partial charge in [-0.1, -0.05) is 55.7 Å². The molecule has 7 heteroatoms. The zero-order chi connectivity index (χ0) is 20.9. The van der Waals surface area contributed by atoms with Crippen molar-refractivity contribution in [1.82, 2.24) is 5.32 Å². The van der Waals surface area contributed by atoms with E-state index in [1.54, 1.807) is 0 Å². The molecule has 1 saturated carbocycles. The topological polar surface area (TPSA) is 86.3 Å². The Morgan fingerprint density at radius 1 is 1.17 bits per heavy atom. The Morgan fingerprint density at radius 3 is 2.67 bits per heavy atom. The van der Waals surface area contributed by atoms with Gasteiger partial charge in [0.2, 0.25) is 5.91 Å². The summed E-state index contributed by atoms with van der Waals surface area (Å²) in [5, 5.41) is 13.8. The number of amides is 1. The average molecular weight is 418 g/mol. The molecule has 1 aromatic rings. The van der Waals surface area contributed by atoms with Crippen molar-refractivity contribution in [3.8, 4) is 0 Å². The molecule has 1 aromatic carbocycles. The van der Waals surface area contributed by atoms with Crippen molar-refractivity contribution in [2.45, 2.75) is 82.1 Å². The highest BCUT2D eigenvalue weighted by Gasteiger charge is 2.50. The molecule has 2 heterocycles. The van der Waals surface area contributed by atoms with Gasteiger partial charge < -0.3 is 29.4 Å². The van der Waals surface area contributed by atoms with Crippen molar-refractivity contribution in [3.05, 3.63) is 42.0 Å². The molecule has 2 saturated heterocycles. The lowest BCUT2D eigenvalue weighted by molar-refractivity contribution is -0.338. The molecule has 0 bridgehead atoms. The van der Waals surface area contributed by atoms with Crippen molar-refractivity contribution in [2.75, 3.05) is 6.61 Å². The number of benzene rings is 1. The molecule has 0 unspecified atom stereocenters. The highest BCUT2D eigenvalue weighted by Crippen LogP contribution is 2.32. The zero-order valence-corrected chi connectivity index (χ0v) is 17.3. The van der Waals surface area contributed by atoms with Crippen LogP contribution in [0.1, 0.15) is 44.6 Å². The number of hydrogen-bond acceptors (Lipinski definition) is 6. The summed E-state index contributed by atoms with van der Waals surface area (Å²) >= 11 is 0. The largest absolute Gasteiger partial charge is 0.388 e. The molecule has 3 fully saturated rings. The predicted molar refractivity (Wildman–Crippen MR) is 110 cm³/mol. The van der Waals surface area contributed by atoms with Crippen LogP contribution in [-0.2, 0) is 23.7 Å². The first-order chi connectivity index (χ1) is 14.6. The van der Waals surface area contributed by atoms with E-state index in [0.29, 0.717) is 0 Å². The second kappa shape index (κ2) is 10.0. The zero-order valence-electron chi connectivity index (χ0n) is 17.3. The Morgan fingerprint density at radius 2 is 1.93 bits per heavy atom. The molecule has 1 aliphatic carbocycles. The first kappa shape index (κ1) is 21.5. The summed E-state index contributed by atoms with van der Waals surface area (Å²) in [5.41, 5.74) is 1.03. The lowest BCUT2D eigenvalue weighted by Crippen LogP contribution is -2.67. The van der Waals surface area contributed by atoms with Gasteiger partial charge >= 0.3 is 0 Å². The van der Waals surface area contributed by atoms with Crippen LogP contribution in [0.5, 0.6) is 0 Å². The first-order valence-electron chi connectivity index (χ1n) is 10.9. The Kier molecular flexibility index (Phi) is 7.17. The molecular formula is C23H31NO6. The van der Waals surface area contributed by atoms with Gasteiger partial charge in [-0.3, -0.25) is 4.79 Å². The van der Waals surface area contributed by atoms with Crippen molar-refractivity contribution in [3.63, 3.8) is 0 Å². The fourth-order valence-corrected chi connectivity index (χ4v) is 4.36. The number of nitrogens with one attached hydrogen (secondary N) is 1. The van der Waals surface area contributed by atoms with E-state index in [9.17, 15) is 9.90 Å². The monoisotopic (exact) mass is 417 g/mol. The van der Waals surface area contributed by atoms with Crippen molar-refractivity contribution in [1.29, 1.82) is 0 Å². The van der Waals surface area contributed by atoms with Gasteiger partial charge in [-0.2, -0.15) is 0 Å². The van der Waals surface area contributed by atoms with Gasteiger partial charge in [0.25, 0.3) is 0 Å². The minimum Gasteiger partial charge on any atom is -0.388 e. The van der Waals surface area contributed by atoms with Crippen molar-refractivity contribution in [2.24, 2.45) is 0 Å². The van der Waals surface area contributed by atoms with Gasteiger partial charge in [0, 0.05) is 6.92 Å². The second-order valence-electron chi connectivity index (χ2n) is 8.23. The fraction of sp³-hybridized carbons (Fsp3) is 0.609. The molecule has 6 atom stereocenters. The molecule has 4 rings (SSSR count). The smallest absolute Gasteiger partial charge is 0.217 e. The molecule has 3 aliphatic rings. The Hall–Kier alpha value is -1.77. The van der Waals surface area contributed by atoms with Crippen LogP contribution in [0.4, 0.5) is 0 Å². The van der Waals surface area contributed by atoms with E-state index in [4.69, 9.17) is 18.9 Å². The molecule has 2 aliphatic heterocycles. The average Bonchev–Trinajstić information content (AvgIpc) is 2.76. The summed E-state index contributed by atoms with van der Waals surface area (Å²) in [4.78, 5) is 11.8. The minimum absolute atomic E-state index is 0.0794. The van der Waals surface area contributed by atoms with E-state index in [1.165, 1.54) is 13.3 Å². The number of aliphatic hydroxyl groups is 1. The summed E-state index contributed by atoms with van der Waals surface area (Å²) in [5.74, 6) is -0.245. The normalized spacial score (nSPS) is 35.1. The fourth-order valence-electron chi connectivity index (χ4n) is 4.36. The molecule has 30 heavy (non-hydrogen) atoms. The maximum absolute atomic E-state index is 11.8. The van der Waals surface area contributed by atoms with E-state index in [0.717, 1.165) is 31.2 Å². The molecular weight excluding hydrogens is 386 g/mol. The first-order valence-corrected chi connectivity index (χ1v) is 10.9. The summed E-state index contributed by atoms with van der Waals surface area (Å²) in [6.45, 7) is 1.70. The Balaban J connectivity index is 1.43. The molecule has 1 amide bonds. The van der Waals surface area contributed by atoms with E-state index in [2.05, 4.69) is 5.32 Å². The molecule has 164 valence electrons. The highest BCUT2D eigenvalue weighted by molar-refractivity contribution is 5.73. The lowest BCUT2D eigenvalue weighted by Gasteiger charge is -2.48. The van der Waals surface area contributed by atoms with E-state index >= 15 is 0 Å². The van der Waals surface area contributed by atoms with Crippen LogP contribution < -0.4 is 5.32 Å². The van der Waals surface area contributed by atoms with E-state index in [1.807, 2.05) is 42.5 Å². The van der Waals surface area contributed by atoms with Gasteiger partial charge in [0.05, 0.1) is 12.7 Å². The number of carbonyl (C=O) groups excluding carboxylic acids is 1. The summed E-state index contributed by atoms with van der Waals surface area (Å²) in [6.07, 6.45) is 5.85. The molecule has 0 aromatic heterocycles. The van der Waals surface area contributed by atoms with Gasteiger partial charge in [-0.05, 0) is 24.5 Å². The van der Waals surface area contributed by atoms with Gasteiger partial charge in [-0.25, -0.2) is 0 Å². The predicted octanol–water partition coefficient (Wildman–Crippen LogP) is 2.38. The van der Waals surface area contributed by atoms with Crippen LogP contribution in [0.2, 0.25) is 0 Å². The number of rotatable bonds is 5. The van der Waals surface area contributed by atoms with E-state index in [-0.39, 0.29) is 18.6 Å². The van der Waals surface area contributed by atoms with Crippen LogP contribution in [0, 0.1) is 0 Å². The van der Waals surface area contributed by atoms with Crippen molar-refractivity contribution >= 4 is 12.0 Å². The number of hydrogen-bond donors (Lipinski definition) is 2. The maximum Gasteiger partial charge on any atom is 0.217 e. The third-order valence-corrected chi connectivity index (χ3v) is 5.88. The van der Waals surface area contributed by atoms with Crippen LogP contribution in [0.25, 0.3) is 6.08 Å². The Bertz CT molecular complexity index is 720. The summed E-state index contributed by atoms with van der Waals surface area (Å²) in [6, 6.07) is 9.16. The summed E-state index contributed by atoms with van der Waals surface area (Å²) in [7, 11) is 0. The molecule has 0 spiro atoms. The third-order valence-electron chi connectivity index (χ3n) is 5.88. The molecule has 0 radical (unpaired) electrons. The van der Waals surface area contributed by atoms with Crippen LogP contribution in [-0.4, -0.2) is 60.7 Å². The SMILES string of the molecule is CC(=O)N[C@H]1[C@H](OC2CCCCC2)O[C@@H]2CO[C@@H](/C=C/c3ccccc3)O[C@H]2[C@@H]1O. The highest BCUT2D eigenvalue weighted by atomic mass is 16.7. The number of carbonyl (C=O) groups is 1. The maximum atomic E-state index is 11.8. The number of ether oxygens (including phenoxy) is 4. The van der Waals surface area contributed by atoms with Gasteiger partial charge in [0.1, 0.15) is 24.4 Å². The van der Waals surface area contributed by atoms with Crippen LogP contribution in [0.15, 0.2) is 36.4 Å². The minimum atomic E-state index is -0.960. The van der Waals surface area contributed by atoms with Gasteiger partial charge in [-0.15, -0.1) is 0 Å². The number of aliphatic hydroxyl groups excluding tert-OH is 1. The van der Waals surface area contributed by atoms with E-state index < -0.39 is 36.9 Å². The lowest BCUT2D eigenvalue weighted by atomic mass is 9.94. The second-order valence-corrected chi connectivity index (χ2v) is 8.23. The van der Waals surface area contributed by atoms with Gasteiger partial charge in [0.15, 0.2) is 12.6 Å². The third kappa shape index (κ3) is 5.28. The molecule has 2 N–H and O–H groups in total. The van der Waals surface area contributed by atoms with Crippen molar-refractivity contribution < 1.29 is 28.8 Å². The Labute approximate surface area is 177 Å².